The van der Waals surface area contributed by atoms with Crippen LogP contribution in [0.25, 0.3) is 10.2 Å². The van der Waals surface area contributed by atoms with E-state index >= 15 is 0 Å². The molecule has 3 aromatic rings. The van der Waals surface area contributed by atoms with Gasteiger partial charge in [0, 0.05) is 5.69 Å². The predicted octanol–water partition coefficient (Wildman–Crippen LogP) is 2.73. The number of anilines is 2. The number of aryl methyl sites for hydroxylation is 1. The summed E-state index contributed by atoms with van der Waals surface area (Å²) in [6.45, 7) is 1.61. The van der Waals surface area contributed by atoms with Gasteiger partial charge < -0.3 is 10.4 Å². The second kappa shape index (κ2) is 5.02. The van der Waals surface area contributed by atoms with Crippen molar-refractivity contribution < 1.29 is 9.90 Å². The van der Waals surface area contributed by atoms with Crippen LogP contribution in [0.1, 0.15) is 15.2 Å². The first kappa shape index (κ1) is 13.3. The van der Waals surface area contributed by atoms with Crippen molar-refractivity contribution in [2.75, 3.05) is 5.32 Å². The smallest absolute Gasteiger partial charge is 0.346 e. The molecule has 0 aliphatic carbocycles. The third-order valence-electron chi connectivity index (χ3n) is 3.03. The lowest BCUT2D eigenvalue weighted by atomic mass is 10.2. The van der Waals surface area contributed by atoms with Crippen molar-refractivity contribution in [1.82, 2.24) is 9.97 Å². The molecule has 2 heterocycles. The second-order valence-electron chi connectivity index (χ2n) is 4.45. The molecule has 0 aliphatic rings. The van der Waals surface area contributed by atoms with Crippen LogP contribution in [0.4, 0.5) is 11.6 Å². The van der Waals surface area contributed by atoms with Gasteiger partial charge in [0.05, 0.1) is 5.39 Å². The molecule has 2 aromatic heterocycles. The minimum Gasteiger partial charge on any atom is -0.477 e. The highest BCUT2D eigenvalue weighted by Crippen LogP contribution is 2.27. The molecule has 0 bridgehead atoms. The highest BCUT2D eigenvalue weighted by molar-refractivity contribution is 7.20. The number of carboxylic acids is 1. The molecule has 0 fully saturated rings. The van der Waals surface area contributed by atoms with Crippen LogP contribution in [0.3, 0.4) is 0 Å². The van der Waals surface area contributed by atoms with Crippen LogP contribution in [0, 0.1) is 6.92 Å². The van der Waals surface area contributed by atoms with Gasteiger partial charge in [0.1, 0.15) is 9.71 Å². The first-order valence-electron chi connectivity index (χ1n) is 6.15. The van der Waals surface area contributed by atoms with Gasteiger partial charge in [0.15, 0.2) is 0 Å². The van der Waals surface area contributed by atoms with E-state index in [-0.39, 0.29) is 16.4 Å². The molecule has 0 unspecified atom stereocenters. The number of carboxylic acid groups (broad SMARTS) is 1. The lowest BCUT2D eigenvalue weighted by molar-refractivity contribution is 0.0701. The summed E-state index contributed by atoms with van der Waals surface area (Å²) in [6, 6.07) is 9.28. The quantitative estimate of drug-likeness (QED) is 0.691. The monoisotopic (exact) mass is 301 g/mol. The van der Waals surface area contributed by atoms with Gasteiger partial charge in [-0.2, -0.15) is 0 Å². The molecule has 0 radical (unpaired) electrons. The summed E-state index contributed by atoms with van der Waals surface area (Å²) in [7, 11) is 0. The van der Waals surface area contributed by atoms with Gasteiger partial charge in [0.2, 0.25) is 5.95 Å². The highest BCUT2D eigenvalue weighted by Gasteiger charge is 2.18. The van der Waals surface area contributed by atoms with Crippen LogP contribution < -0.4 is 10.9 Å². The molecule has 1 aromatic carbocycles. The number of hydrogen-bond donors (Lipinski definition) is 3. The summed E-state index contributed by atoms with van der Waals surface area (Å²) in [5.74, 6) is -0.760. The van der Waals surface area contributed by atoms with Gasteiger partial charge >= 0.3 is 5.97 Å². The molecular formula is C14H11N3O3S. The Morgan fingerprint density at radius 3 is 2.71 bits per heavy atom. The van der Waals surface area contributed by atoms with E-state index in [1.807, 2.05) is 30.3 Å². The standard InChI is InChI=1S/C14H11N3O3S/c1-7-9-11(18)16-14(15-8-5-3-2-4-6-8)17-12(9)21-10(7)13(19)20/h2-6H,1H3,(H,19,20)(H2,15,16,17,18). The highest BCUT2D eigenvalue weighted by atomic mass is 32.1. The van der Waals surface area contributed by atoms with Crippen molar-refractivity contribution in [2.24, 2.45) is 0 Å². The summed E-state index contributed by atoms with van der Waals surface area (Å²) in [5, 5.41) is 12.4. The Bertz CT molecular complexity index is 884. The average molecular weight is 301 g/mol. The zero-order chi connectivity index (χ0) is 15.0. The van der Waals surface area contributed by atoms with Crippen LogP contribution in [0.2, 0.25) is 0 Å². The summed E-state index contributed by atoms with van der Waals surface area (Å²) < 4.78 is 0. The molecule has 21 heavy (non-hydrogen) atoms. The number of aromatic amines is 1. The largest absolute Gasteiger partial charge is 0.477 e. The van der Waals surface area contributed by atoms with Crippen LogP contribution in [0.15, 0.2) is 35.1 Å². The van der Waals surface area contributed by atoms with E-state index in [0.29, 0.717) is 15.8 Å². The molecule has 3 rings (SSSR count). The number of hydrogen-bond acceptors (Lipinski definition) is 5. The number of thiophene rings is 1. The van der Waals surface area contributed by atoms with E-state index in [1.54, 1.807) is 6.92 Å². The number of H-pyrrole nitrogens is 1. The lowest BCUT2D eigenvalue weighted by Gasteiger charge is -2.04. The third-order valence-corrected chi connectivity index (χ3v) is 4.21. The summed E-state index contributed by atoms with van der Waals surface area (Å²) in [5.41, 5.74) is 0.883. The topological polar surface area (TPSA) is 95.1 Å². The number of nitrogens with zero attached hydrogens (tertiary/aromatic N) is 1. The maximum absolute atomic E-state index is 12.1. The van der Waals surface area contributed by atoms with Gasteiger partial charge in [0.25, 0.3) is 5.56 Å². The maximum atomic E-state index is 12.1. The van der Waals surface area contributed by atoms with Gasteiger partial charge in [-0.15, -0.1) is 11.3 Å². The number of rotatable bonds is 3. The zero-order valence-corrected chi connectivity index (χ0v) is 11.8. The molecule has 0 saturated carbocycles. The zero-order valence-electron chi connectivity index (χ0n) is 11.0. The number of aromatic carboxylic acids is 1. The van der Waals surface area contributed by atoms with E-state index in [4.69, 9.17) is 5.11 Å². The molecule has 0 amide bonds. The SMILES string of the molecule is Cc1c(C(=O)O)sc2nc(Nc3ccccc3)[nH]c(=O)c12. The van der Waals surface area contributed by atoms with Crippen molar-refractivity contribution in [2.45, 2.75) is 6.92 Å². The van der Waals surface area contributed by atoms with Gasteiger partial charge in [-0.05, 0) is 24.6 Å². The van der Waals surface area contributed by atoms with Crippen LogP contribution >= 0.6 is 11.3 Å². The molecule has 0 aliphatic heterocycles. The normalized spacial score (nSPS) is 10.7. The Morgan fingerprint density at radius 2 is 2.05 bits per heavy atom. The van der Waals surface area contributed by atoms with Crippen LogP contribution in [-0.4, -0.2) is 21.0 Å². The van der Waals surface area contributed by atoms with E-state index in [2.05, 4.69) is 15.3 Å². The maximum Gasteiger partial charge on any atom is 0.346 e. The number of carbonyl (C=O) groups is 1. The number of para-hydroxylation sites is 1. The van der Waals surface area contributed by atoms with Gasteiger partial charge in [-0.1, -0.05) is 18.2 Å². The number of benzene rings is 1. The van der Waals surface area contributed by atoms with Crippen molar-refractivity contribution in [3.05, 3.63) is 51.1 Å². The van der Waals surface area contributed by atoms with E-state index in [9.17, 15) is 9.59 Å². The Balaban J connectivity index is 2.11. The predicted molar refractivity (Wildman–Crippen MR) is 81.7 cm³/mol. The number of aromatic nitrogens is 2. The molecular weight excluding hydrogens is 290 g/mol. The average Bonchev–Trinajstić information content (AvgIpc) is 2.77. The van der Waals surface area contributed by atoms with E-state index in [1.165, 1.54) is 0 Å². The molecule has 0 spiro atoms. The second-order valence-corrected chi connectivity index (χ2v) is 5.45. The fourth-order valence-corrected chi connectivity index (χ4v) is 3.09. The Morgan fingerprint density at radius 1 is 1.33 bits per heavy atom. The Kier molecular flexibility index (Phi) is 3.19. The fourth-order valence-electron chi connectivity index (χ4n) is 2.07. The third kappa shape index (κ3) is 2.38. The van der Waals surface area contributed by atoms with Crippen LogP contribution in [0.5, 0.6) is 0 Å². The molecule has 3 N–H and O–H groups in total. The minimum absolute atomic E-state index is 0.139. The summed E-state index contributed by atoms with van der Waals surface area (Å²) in [6.07, 6.45) is 0. The van der Waals surface area contributed by atoms with Gasteiger partial charge in [-0.3, -0.25) is 9.78 Å². The Hall–Kier alpha value is -2.67. The van der Waals surface area contributed by atoms with Crippen molar-refractivity contribution in [1.29, 1.82) is 0 Å². The molecule has 7 heteroatoms. The summed E-state index contributed by atoms with van der Waals surface area (Å²) in [4.78, 5) is 30.7. The lowest BCUT2D eigenvalue weighted by Crippen LogP contribution is -2.11. The number of fused-ring (bicyclic) bond motifs is 1. The van der Waals surface area contributed by atoms with E-state index < -0.39 is 5.97 Å². The molecule has 106 valence electrons. The molecule has 6 nitrogen and oxygen atoms in total. The van der Waals surface area contributed by atoms with Crippen LogP contribution in [-0.2, 0) is 0 Å². The van der Waals surface area contributed by atoms with E-state index in [0.717, 1.165) is 17.0 Å². The van der Waals surface area contributed by atoms with Crippen molar-refractivity contribution >= 4 is 39.2 Å². The summed E-state index contributed by atoms with van der Waals surface area (Å²) >= 11 is 1.00. The molecule has 0 saturated heterocycles. The van der Waals surface area contributed by atoms with Crippen molar-refractivity contribution in [3.63, 3.8) is 0 Å². The van der Waals surface area contributed by atoms with Gasteiger partial charge in [-0.25, -0.2) is 9.78 Å². The molecule has 0 atom stereocenters. The fraction of sp³-hybridized carbons (Fsp3) is 0.0714. The van der Waals surface area contributed by atoms with Crippen molar-refractivity contribution in [3.8, 4) is 0 Å². The number of nitrogens with one attached hydrogen (secondary N) is 2. The Labute approximate surface area is 123 Å². The first-order valence-corrected chi connectivity index (χ1v) is 6.96. The first-order chi connectivity index (χ1) is 10.1. The minimum atomic E-state index is -1.05.